The summed E-state index contributed by atoms with van der Waals surface area (Å²) < 4.78 is 0. The van der Waals surface area contributed by atoms with Crippen LogP contribution in [0.15, 0.2) is 42.6 Å². The number of rotatable bonds is 3. The molecule has 120 valence electrons. The van der Waals surface area contributed by atoms with Crippen LogP contribution in [-0.4, -0.2) is 30.6 Å². The third-order valence-corrected chi connectivity index (χ3v) is 4.22. The fraction of sp³-hybridized carbons (Fsp3) is 0.333. The normalized spacial score (nSPS) is 13.7. The number of para-hydroxylation sites is 1. The maximum Gasteiger partial charge on any atom is 0.326 e. The molecule has 0 fully saturated rings. The molecule has 2 aromatic rings. The number of aromatic nitrogens is 1. The van der Waals surface area contributed by atoms with Crippen LogP contribution >= 0.6 is 0 Å². The van der Waals surface area contributed by atoms with Crippen LogP contribution in [0.1, 0.15) is 19.4 Å². The molecular weight excluding hydrogens is 288 g/mol. The lowest BCUT2D eigenvalue weighted by Gasteiger charge is -2.36. The molecule has 0 spiro atoms. The van der Waals surface area contributed by atoms with Crippen LogP contribution in [0, 0.1) is 0 Å². The first kappa shape index (κ1) is 15.3. The van der Waals surface area contributed by atoms with Crippen LogP contribution < -0.4 is 15.1 Å². The molecule has 0 bridgehead atoms. The van der Waals surface area contributed by atoms with E-state index >= 15 is 0 Å². The van der Waals surface area contributed by atoms with Crippen LogP contribution in [-0.2, 0) is 6.42 Å². The zero-order valence-electron chi connectivity index (χ0n) is 13.6. The number of carbonyl (C=O) groups is 1. The van der Waals surface area contributed by atoms with E-state index in [0.717, 1.165) is 42.3 Å². The van der Waals surface area contributed by atoms with E-state index in [1.165, 1.54) is 0 Å². The average molecular weight is 310 g/mol. The van der Waals surface area contributed by atoms with Crippen LogP contribution in [0.4, 0.5) is 22.0 Å². The Bertz CT molecular complexity index is 701. The molecule has 1 aromatic carbocycles. The summed E-state index contributed by atoms with van der Waals surface area (Å²) in [5.41, 5.74) is 2.88. The number of nitrogens with zero attached hydrogens (tertiary/aromatic N) is 3. The summed E-state index contributed by atoms with van der Waals surface area (Å²) in [4.78, 5) is 21.2. The molecule has 1 N–H and O–H groups in total. The smallest absolute Gasteiger partial charge is 0.326 e. The SMILES string of the molecule is CCc1ccccc1NC(=O)N1CCN(CC)c2ncccc21. The molecule has 1 aromatic heterocycles. The maximum absolute atomic E-state index is 12.8. The summed E-state index contributed by atoms with van der Waals surface area (Å²) in [5, 5.41) is 3.05. The number of nitrogens with one attached hydrogen (secondary N) is 1. The van der Waals surface area contributed by atoms with E-state index in [1.807, 2.05) is 36.4 Å². The van der Waals surface area contributed by atoms with Crippen LogP contribution in [0.5, 0.6) is 0 Å². The van der Waals surface area contributed by atoms with E-state index in [-0.39, 0.29) is 6.03 Å². The Morgan fingerprint density at radius 1 is 1.17 bits per heavy atom. The van der Waals surface area contributed by atoms with Gasteiger partial charge in [0.25, 0.3) is 0 Å². The number of hydrogen-bond donors (Lipinski definition) is 1. The van der Waals surface area contributed by atoms with Crippen molar-refractivity contribution in [3.8, 4) is 0 Å². The first-order chi connectivity index (χ1) is 11.2. The third-order valence-electron chi connectivity index (χ3n) is 4.22. The number of carbonyl (C=O) groups excluding carboxylic acids is 1. The molecule has 2 amide bonds. The monoisotopic (exact) mass is 310 g/mol. The molecule has 0 aliphatic carbocycles. The highest BCUT2D eigenvalue weighted by atomic mass is 16.2. The second-order valence-corrected chi connectivity index (χ2v) is 5.52. The standard InChI is InChI=1S/C18H22N4O/c1-3-14-8-5-6-9-15(14)20-18(23)22-13-12-21(4-2)17-16(22)10-7-11-19-17/h5-11H,3-4,12-13H2,1-2H3,(H,20,23). The molecule has 2 heterocycles. The van der Waals surface area contributed by atoms with Crippen molar-refractivity contribution in [1.82, 2.24) is 4.98 Å². The van der Waals surface area contributed by atoms with Gasteiger partial charge in [0.2, 0.25) is 0 Å². The summed E-state index contributed by atoms with van der Waals surface area (Å²) in [6.07, 6.45) is 2.66. The van der Waals surface area contributed by atoms with Gasteiger partial charge in [0.1, 0.15) is 0 Å². The van der Waals surface area contributed by atoms with Gasteiger partial charge in [-0.25, -0.2) is 9.78 Å². The minimum absolute atomic E-state index is 0.101. The Labute approximate surface area is 136 Å². The van der Waals surface area contributed by atoms with Gasteiger partial charge in [-0.1, -0.05) is 25.1 Å². The predicted octanol–water partition coefficient (Wildman–Crippen LogP) is 3.52. The third kappa shape index (κ3) is 2.99. The highest BCUT2D eigenvalue weighted by molar-refractivity contribution is 6.04. The first-order valence-electron chi connectivity index (χ1n) is 8.11. The van der Waals surface area contributed by atoms with Gasteiger partial charge < -0.3 is 10.2 Å². The molecule has 0 saturated heterocycles. The van der Waals surface area contributed by atoms with Crippen molar-refractivity contribution >= 4 is 23.2 Å². The van der Waals surface area contributed by atoms with Crippen LogP contribution in [0.2, 0.25) is 0 Å². The summed E-state index contributed by atoms with van der Waals surface area (Å²) in [7, 11) is 0. The Kier molecular flexibility index (Phi) is 4.46. The number of urea groups is 1. The number of hydrogen-bond acceptors (Lipinski definition) is 3. The van der Waals surface area contributed by atoms with E-state index in [0.29, 0.717) is 6.54 Å². The van der Waals surface area contributed by atoms with Crippen LogP contribution in [0.3, 0.4) is 0 Å². The number of benzene rings is 1. The average Bonchev–Trinajstić information content (AvgIpc) is 2.61. The topological polar surface area (TPSA) is 48.5 Å². The summed E-state index contributed by atoms with van der Waals surface area (Å²) in [6, 6.07) is 11.7. The minimum Gasteiger partial charge on any atom is -0.353 e. The highest BCUT2D eigenvalue weighted by Gasteiger charge is 2.27. The molecule has 0 atom stereocenters. The largest absolute Gasteiger partial charge is 0.353 e. The summed E-state index contributed by atoms with van der Waals surface area (Å²) in [5.74, 6) is 0.875. The Hall–Kier alpha value is -2.56. The number of pyridine rings is 1. The van der Waals surface area contributed by atoms with Gasteiger partial charge in [-0.3, -0.25) is 4.90 Å². The lowest BCUT2D eigenvalue weighted by molar-refractivity contribution is 0.256. The molecular formula is C18H22N4O. The maximum atomic E-state index is 12.8. The van der Waals surface area contributed by atoms with E-state index in [9.17, 15) is 4.79 Å². The minimum atomic E-state index is -0.101. The fourth-order valence-electron chi connectivity index (χ4n) is 2.94. The quantitative estimate of drug-likeness (QED) is 0.943. The van der Waals surface area contributed by atoms with E-state index in [4.69, 9.17) is 0 Å². The van der Waals surface area contributed by atoms with Gasteiger partial charge in [-0.15, -0.1) is 0 Å². The van der Waals surface area contributed by atoms with Crippen molar-refractivity contribution in [1.29, 1.82) is 0 Å². The van der Waals surface area contributed by atoms with E-state index < -0.39 is 0 Å². The van der Waals surface area contributed by atoms with Gasteiger partial charge in [-0.2, -0.15) is 0 Å². The highest BCUT2D eigenvalue weighted by Crippen LogP contribution is 2.31. The predicted molar refractivity (Wildman–Crippen MR) is 94.3 cm³/mol. The van der Waals surface area contributed by atoms with Crippen molar-refractivity contribution < 1.29 is 4.79 Å². The van der Waals surface area contributed by atoms with Crippen molar-refractivity contribution in [3.05, 3.63) is 48.2 Å². The Morgan fingerprint density at radius 2 is 2.00 bits per heavy atom. The molecule has 1 aliphatic rings. The number of anilines is 3. The van der Waals surface area contributed by atoms with Gasteiger partial charge in [0.05, 0.1) is 5.69 Å². The summed E-state index contributed by atoms with van der Waals surface area (Å²) >= 11 is 0. The van der Waals surface area contributed by atoms with Gasteiger partial charge in [-0.05, 0) is 37.1 Å². The van der Waals surface area contributed by atoms with Crippen LogP contribution in [0.25, 0.3) is 0 Å². The number of likely N-dealkylation sites (N-methyl/N-ethyl adjacent to an activating group) is 1. The van der Waals surface area contributed by atoms with E-state index in [2.05, 4.69) is 29.0 Å². The number of fused-ring (bicyclic) bond motifs is 1. The molecule has 5 heteroatoms. The number of amides is 2. The fourth-order valence-corrected chi connectivity index (χ4v) is 2.94. The second-order valence-electron chi connectivity index (χ2n) is 5.52. The van der Waals surface area contributed by atoms with Crippen molar-refractivity contribution in [2.45, 2.75) is 20.3 Å². The Morgan fingerprint density at radius 3 is 2.78 bits per heavy atom. The van der Waals surface area contributed by atoms with Gasteiger partial charge in [0.15, 0.2) is 5.82 Å². The molecule has 0 radical (unpaired) electrons. The zero-order valence-corrected chi connectivity index (χ0v) is 13.6. The van der Waals surface area contributed by atoms with Gasteiger partial charge in [0, 0.05) is 31.5 Å². The molecule has 5 nitrogen and oxygen atoms in total. The molecule has 0 unspecified atom stereocenters. The second kappa shape index (κ2) is 6.69. The number of aryl methyl sites for hydroxylation is 1. The van der Waals surface area contributed by atoms with E-state index in [1.54, 1.807) is 11.1 Å². The summed E-state index contributed by atoms with van der Waals surface area (Å²) in [6.45, 7) is 6.53. The molecule has 3 rings (SSSR count). The lowest BCUT2D eigenvalue weighted by Crippen LogP contribution is -2.46. The first-order valence-corrected chi connectivity index (χ1v) is 8.11. The zero-order chi connectivity index (χ0) is 16.2. The van der Waals surface area contributed by atoms with Gasteiger partial charge >= 0.3 is 6.03 Å². The lowest BCUT2D eigenvalue weighted by atomic mass is 10.1. The molecule has 23 heavy (non-hydrogen) atoms. The Balaban J connectivity index is 1.86. The van der Waals surface area contributed by atoms with Crippen molar-refractivity contribution in [2.75, 3.05) is 34.8 Å². The molecule has 0 saturated carbocycles. The van der Waals surface area contributed by atoms with Crippen molar-refractivity contribution in [2.24, 2.45) is 0 Å². The molecule has 1 aliphatic heterocycles. The van der Waals surface area contributed by atoms with Crippen molar-refractivity contribution in [3.63, 3.8) is 0 Å².